The number of aliphatic hydroxyl groups excluding tert-OH is 1. The van der Waals surface area contributed by atoms with Crippen LogP contribution < -0.4 is 10.1 Å². The molecule has 11 heteroatoms. The molecule has 0 aliphatic heterocycles. The van der Waals surface area contributed by atoms with E-state index in [0.29, 0.717) is 0 Å². The lowest BCUT2D eigenvalue weighted by molar-refractivity contribution is -0.140. The highest BCUT2D eigenvalue weighted by Gasteiger charge is 2.37. The third kappa shape index (κ3) is 4.41. The Hall–Kier alpha value is -3.05. The minimum atomic E-state index is -1.22. The van der Waals surface area contributed by atoms with Gasteiger partial charge in [-0.1, -0.05) is 0 Å². The van der Waals surface area contributed by atoms with Gasteiger partial charge in [-0.15, -0.1) is 0 Å². The van der Waals surface area contributed by atoms with Gasteiger partial charge in [0.25, 0.3) is 0 Å². The van der Waals surface area contributed by atoms with Crippen molar-refractivity contribution in [2.45, 2.75) is 18.7 Å². The Morgan fingerprint density at radius 2 is 1.87 bits per heavy atom. The fourth-order valence-electron chi connectivity index (χ4n) is 2.99. The Morgan fingerprint density at radius 1 is 1.20 bits per heavy atom. The number of fused-ring (bicyclic) bond motifs is 1. The number of allylic oxidation sites excluding steroid dienone is 1. The molecule has 162 valence electrons. The number of aliphatic hydroxyl groups is 1. The number of ether oxygens (including phenoxy) is 2. The first-order chi connectivity index (χ1) is 14.2. The van der Waals surface area contributed by atoms with Crippen molar-refractivity contribution in [3.8, 4) is 11.5 Å². The highest BCUT2D eigenvalue weighted by atomic mass is 32.2. The predicted octanol–water partition coefficient (Wildman–Crippen LogP) is 0.495. The molecule has 4 N–H and O–H groups in total. The maximum absolute atomic E-state index is 12.7. The second-order valence-electron chi connectivity index (χ2n) is 6.26. The number of carboxylic acid groups (broad SMARTS) is 1. The van der Waals surface area contributed by atoms with E-state index >= 15 is 0 Å². The molecule has 0 unspecified atom stereocenters. The van der Waals surface area contributed by atoms with Gasteiger partial charge in [0, 0.05) is 29.6 Å². The summed E-state index contributed by atoms with van der Waals surface area (Å²) in [4.78, 5) is 47.8. The van der Waals surface area contributed by atoms with Crippen molar-refractivity contribution in [1.82, 2.24) is 5.32 Å². The van der Waals surface area contributed by atoms with Crippen LogP contribution in [0.5, 0.6) is 11.5 Å². The number of phenols is 1. The SMILES string of the molecule is COC1=C(CO)C(=O)c2c(cc(OC)c(CSC[C@@H](NC(C)=O)C(=O)O)c2O)C1=O. The Balaban J connectivity index is 2.40. The van der Waals surface area contributed by atoms with E-state index in [1.807, 2.05) is 0 Å². The predicted molar refractivity (Wildman–Crippen MR) is 106 cm³/mol. The molecule has 0 radical (unpaired) electrons. The number of carboxylic acids is 1. The average Bonchev–Trinajstić information content (AvgIpc) is 2.69. The zero-order chi connectivity index (χ0) is 22.6. The summed E-state index contributed by atoms with van der Waals surface area (Å²) in [5.74, 6) is -3.82. The van der Waals surface area contributed by atoms with Crippen molar-refractivity contribution in [2.75, 3.05) is 26.6 Å². The number of aromatic hydroxyl groups is 1. The van der Waals surface area contributed by atoms with Gasteiger partial charge in [-0.05, 0) is 6.07 Å². The van der Waals surface area contributed by atoms with E-state index in [2.05, 4.69) is 5.32 Å². The van der Waals surface area contributed by atoms with Crippen molar-refractivity contribution >= 4 is 35.2 Å². The molecule has 10 nitrogen and oxygen atoms in total. The quantitative estimate of drug-likeness (QED) is 0.426. The number of ketones is 2. The van der Waals surface area contributed by atoms with E-state index in [-0.39, 0.29) is 45.3 Å². The number of rotatable bonds is 9. The third-order valence-electron chi connectivity index (χ3n) is 4.38. The van der Waals surface area contributed by atoms with Crippen LogP contribution in [0.3, 0.4) is 0 Å². The molecule has 1 aliphatic rings. The first-order valence-electron chi connectivity index (χ1n) is 8.65. The summed E-state index contributed by atoms with van der Waals surface area (Å²) < 4.78 is 10.2. The molecule has 1 aromatic rings. The summed E-state index contributed by atoms with van der Waals surface area (Å²) in [5, 5.41) is 31.7. The van der Waals surface area contributed by atoms with Gasteiger partial charge >= 0.3 is 5.97 Å². The van der Waals surface area contributed by atoms with Crippen molar-refractivity contribution in [1.29, 1.82) is 0 Å². The molecule has 1 aliphatic carbocycles. The van der Waals surface area contributed by atoms with Gasteiger partial charge in [0.15, 0.2) is 11.5 Å². The van der Waals surface area contributed by atoms with Gasteiger partial charge < -0.3 is 30.1 Å². The van der Waals surface area contributed by atoms with Crippen LogP contribution >= 0.6 is 11.8 Å². The first-order valence-corrected chi connectivity index (χ1v) is 9.81. The van der Waals surface area contributed by atoms with Crippen LogP contribution in [-0.4, -0.2) is 71.4 Å². The van der Waals surface area contributed by atoms with E-state index in [1.165, 1.54) is 27.2 Å². The Kier molecular flexibility index (Phi) is 7.46. The Morgan fingerprint density at radius 3 is 2.37 bits per heavy atom. The van der Waals surface area contributed by atoms with E-state index in [1.54, 1.807) is 0 Å². The largest absolute Gasteiger partial charge is 0.507 e. The second-order valence-corrected chi connectivity index (χ2v) is 7.29. The highest BCUT2D eigenvalue weighted by molar-refractivity contribution is 7.98. The molecule has 0 spiro atoms. The standard InChI is InChI=1S/C19H21NO9S/c1-8(22)20-12(19(26)27)7-30-6-11-13(28-2)4-9-14(16(11)24)15(23)10(5-21)18(29-3)17(9)25/h4,12,21,24H,5-7H2,1-3H3,(H,20,22)(H,26,27)/t12-/m1/s1. The number of hydrogen-bond acceptors (Lipinski definition) is 9. The lowest BCUT2D eigenvalue weighted by Crippen LogP contribution is -2.41. The van der Waals surface area contributed by atoms with Crippen molar-refractivity contribution in [3.63, 3.8) is 0 Å². The number of aliphatic carboxylic acids is 1. The van der Waals surface area contributed by atoms with Crippen molar-refractivity contribution in [3.05, 3.63) is 34.1 Å². The van der Waals surface area contributed by atoms with Crippen molar-refractivity contribution < 1.29 is 44.0 Å². The number of thioether (sulfide) groups is 1. The summed E-state index contributed by atoms with van der Waals surface area (Å²) in [5.41, 5.74) is -0.505. The van der Waals surface area contributed by atoms with Crippen molar-refractivity contribution in [2.24, 2.45) is 0 Å². The number of methoxy groups -OCH3 is 2. The van der Waals surface area contributed by atoms with E-state index in [0.717, 1.165) is 11.8 Å². The van der Waals surface area contributed by atoms with Crippen LogP contribution in [0.4, 0.5) is 0 Å². The maximum atomic E-state index is 12.7. The van der Waals surface area contributed by atoms with Crippen LogP contribution in [0.15, 0.2) is 17.4 Å². The zero-order valence-corrected chi connectivity index (χ0v) is 17.3. The van der Waals surface area contributed by atoms with Gasteiger partial charge in [-0.3, -0.25) is 14.4 Å². The molecule has 0 saturated heterocycles. The topological polar surface area (TPSA) is 159 Å². The third-order valence-corrected chi connectivity index (χ3v) is 5.44. The summed E-state index contributed by atoms with van der Waals surface area (Å²) in [6, 6.07) is 0.149. The first kappa shape index (κ1) is 23.2. The fraction of sp³-hybridized carbons (Fsp3) is 0.368. The number of amides is 1. The van der Waals surface area contributed by atoms with Crippen LogP contribution in [0, 0.1) is 0 Å². The number of Topliss-reactive ketones (excluding diaryl/α,β-unsaturated/α-hetero) is 2. The molecule has 1 atom stereocenters. The molecule has 0 fully saturated rings. The van der Waals surface area contributed by atoms with Gasteiger partial charge in [0.2, 0.25) is 11.7 Å². The maximum Gasteiger partial charge on any atom is 0.327 e. The summed E-state index contributed by atoms with van der Waals surface area (Å²) in [6.45, 7) is 0.446. The molecule has 0 bridgehead atoms. The molecule has 0 aromatic heterocycles. The van der Waals surface area contributed by atoms with Gasteiger partial charge in [-0.2, -0.15) is 11.8 Å². The molecule has 1 amide bonds. The molecule has 0 saturated carbocycles. The minimum Gasteiger partial charge on any atom is -0.507 e. The number of carbonyl (C=O) groups is 4. The second kappa shape index (κ2) is 9.63. The number of nitrogens with one attached hydrogen (secondary N) is 1. The summed E-state index contributed by atoms with van der Waals surface area (Å²) >= 11 is 1.07. The number of carbonyl (C=O) groups excluding carboxylic acids is 3. The normalized spacial score (nSPS) is 14.3. The lowest BCUT2D eigenvalue weighted by atomic mass is 9.86. The zero-order valence-electron chi connectivity index (χ0n) is 16.5. The van der Waals surface area contributed by atoms with Crippen LogP contribution in [0.1, 0.15) is 33.2 Å². The van der Waals surface area contributed by atoms with Gasteiger partial charge in [0.1, 0.15) is 17.5 Å². The van der Waals surface area contributed by atoms with Crippen LogP contribution in [-0.2, 0) is 20.1 Å². The smallest absolute Gasteiger partial charge is 0.327 e. The van der Waals surface area contributed by atoms with E-state index in [9.17, 15) is 34.5 Å². The molecular formula is C19H21NO9S. The Labute approximate surface area is 175 Å². The highest BCUT2D eigenvalue weighted by Crippen LogP contribution is 2.41. The number of phenolic OH excluding ortho intramolecular Hbond substituents is 1. The van der Waals surface area contributed by atoms with Crippen LogP contribution in [0.25, 0.3) is 0 Å². The van der Waals surface area contributed by atoms with Gasteiger partial charge in [0.05, 0.1) is 32.0 Å². The summed E-state index contributed by atoms with van der Waals surface area (Å²) in [6.07, 6.45) is 0. The van der Waals surface area contributed by atoms with E-state index < -0.39 is 41.8 Å². The Bertz CT molecular complexity index is 938. The average molecular weight is 439 g/mol. The molecular weight excluding hydrogens is 418 g/mol. The molecule has 0 heterocycles. The molecule has 1 aromatic carbocycles. The molecule has 30 heavy (non-hydrogen) atoms. The monoisotopic (exact) mass is 439 g/mol. The number of benzene rings is 1. The van der Waals surface area contributed by atoms with Gasteiger partial charge in [-0.25, -0.2) is 4.79 Å². The fourth-order valence-corrected chi connectivity index (χ4v) is 4.05. The number of hydrogen-bond donors (Lipinski definition) is 4. The minimum absolute atomic E-state index is 0.0168. The molecule has 2 rings (SSSR count). The summed E-state index contributed by atoms with van der Waals surface area (Å²) in [7, 11) is 2.51. The van der Waals surface area contributed by atoms with E-state index in [4.69, 9.17) is 9.47 Å². The van der Waals surface area contributed by atoms with Crippen LogP contribution in [0.2, 0.25) is 0 Å². The lowest BCUT2D eigenvalue weighted by Gasteiger charge is -2.22.